The van der Waals surface area contributed by atoms with Crippen LogP contribution in [0, 0.1) is 5.82 Å². The Bertz CT molecular complexity index is 978. The van der Waals surface area contributed by atoms with Gasteiger partial charge >= 0.3 is 5.97 Å². The van der Waals surface area contributed by atoms with Gasteiger partial charge in [-0.15, -0.1) is 0 Å². The molecule has 1 unspecified atom stereocenters. The van der Waals surface area contributed by atoms with Crippen LogP contribution in [0.15, 0.2) is 48.7 Å². The summed E-state index contributed by atoms with van der Waals surface area (Å²) >= 11 is 0. The van der Waals surface area contributed by atoms with E-state index in [4.69, 9.17) is 4.74 Å². The van der Waals surface area contributed by atoms with Gasteiger partial charge in [0.25, 0.3) is 0 Å². The molecule has 1 aliphatic heterocycles. The lowest BCUT2D eigenvalue weighted by Gasteiger charge is -2.38. The lowest BCUT2D eigenvalue weighted by atomic mass is 10.0. The third-order valence-electron chi connectivity index (χ3n) is 5.32. The number of methoxy groups -OCH3 is 1. The number of aromatic amines is 1. The monoisotopic (exact) mass is 383 g/mol. The van der Waals surface area contributed by atoms with E-state index in [-0.39, 0.29) is 5.82 Å². The Morgan fingerprint density at radius 1 is 1.14 bits per heavy atom. The molecule has 1 fully saturated rings. The second kappa shape index (κ2) is 7.52. The Hall–Kier alpha value is -3.06. The van der Waals surface area contributed by atoms with Gasteiger partial charge in [0.05, 0.1) is 7.11 Å². The van der Waals surface area contributed by atoms with Gasteiger partial charge in [-0.2, -0.15) is 0 Å². The summed E-state index contributed by atoms with van der Waals surface area (Å²) in [5.74, 6) is -0.437. The molecule has 1 saturated heterocycles. The highest BCUT2D eigenvalue weighted by atomic mass is 19.1. The molecule has 0 spiro atoms. The van der Waals surface area contributed by atoms with Crippen LogP contribution >= 0.6 is 0 Å². The first-order valence-corrected chi connectivity index (χ1v) is 9.19. The van der Waals surface area contributed by atoms with Gasteiger partial charge in [-0.05, 0) is 42.5 Å². The topological polar surface area (TPSA) is 68.8 Å². The molecule has 0 radical (unpaired) electrons. The van der Waals surface area contributed by atoms with Crippen LogP contribution < -0.4 is 9.64 Å². The average molecular weight is 383 g/mol. The Balaban J connectivity index is 1.52. The second-order valence-electron chi connectivity index (χ2n) is 6.90. The van der Waals surface area contributed by atoms with Crippen LogP contribution in [0.3, 0.4) is 0 Å². The van der Waals surface area contributed by atoms with E-state index < -0.39 is 12.0 Å². The SMILES string of the molecule is COc1ccc(N2CCN(C(C(=O)O)c3c[nH]c4cc(F)ccc34)CC2)cc1. The summed E-state index contributed by atoms with van der Waals surface area (Å²) in [5, 5.41) is 10.6. The number of piperazine rings is 1. The molecule has 7 heteroatoms. The highest BCUT2D eigenvalue weighted by molar-refractivity contribution is 5.89. The summed E-state index contributed by atoms with van der Waals surface area (Å²) in [5.41, 5.74) is 2.37. The largest absolute Gasteiger partial charge is 0.497 e. The van der Waals surface area contributed by atoms with E-state index in [1.807, 2.05) is 29.2 Å². The molecule has 2 aromatic carbocycles. The number of aliphatic carboxylic acids is 1. The number of halogens is 1. The van der Waals surface area contributed by atoms with Crippen LogP contribution in [0.4, 0.5) is 10.1 Å². The van der Waals surface area contributed by atoms with E-state index in [0.29, 0.717) is 24.2 Å². The van der Waals surface area contributed by atoms with Gasteiger partial charge < -0.3 is 19.7 Å². The fourth-order valence-corrected chi connectivity index (χ4v) is 3.86. The van der Waals surface area contributed by atoms with E-state index in [1.165, 1.54) is 12.1 Å². The van der Waals surface area contributed by atoms with Crippen molar-refractivity contribution < 1.29 is 19.0 Å². The van der Waals surface area contributed by atoms with Gasteiger partial charge in [-0.1, -0.05) is 0 Å². The third-order valence-corrected chi connectivity index (χ3v) is 5.32. The quantitative estimate of drug-likeness (QED) is 0.708. The van der Waals surface area contributed by atoms with E-state index in [2.05, 4.69) is 9.88 Å². The molecule has 28 heavy (non-hydrogen) atoms. The number of carboxylic acid groups (broad SMARTS) is 1. The molecular weight excluding hydrogens is 361 g/mol. The average Bonchev–Trinajstić information content (AvgIpc) is 3.11. The minimum atomic E-state index is -0.900. The maximum atomic E-state index is 13.5. The summed E-state index contributed by atoms with van der Waals surface area (Å²) in [6.45, 7) is 2.70. The van der Waals surface area contributed by atoms with Crippen molar-refractivity contribution >= 4 is 22.6 Å². The lowest BCUT2D eigenvalue weighted by Crippen LogP contribution is -2.49. The Labute approximate surface area is 162 Å². The van der Waals surface area contributed by atoms with E-state index in [0.717, 1.165) is 29.9 Å². The second-order valence-corrected chi connectivity index (χ2v) is 6.90. The third kappa shape index (κ3) is 3.41. The van der Waals surface area contributed by atoms with Crippen molar-refractivity contribution in [2.45, 2.75) is 6.04 Å². The predicted molar refractivity (Wildman–Crippen MR) is 105 cm³/mol. The fourth-order valence-electron chi connectivity index (χ4n) is 3.86. The molecule has 146 valence electrons. The summed E-state index contributed by atoms with van der Waals surface area (Å²) in [6.07, 6.45) is 1.68. The first-order valence-electron chi connectivity index (χ1n) is 9.19. The normalized spacial score (nSPS) is 16.3. The van der Waals surface area contributed by atoms with Crippen LogP contribution in [-0.4, -0.2) is 54.2 Å². The summed E-state index contributed by atoms with van der Waals surface area (Å²) in [4.78, 5) is 19.3. The number of rotatable bonds is 5. The number of H-pyrrole nitrogens is 1. The first-order chi connectivity index (χ1) is 13.6. The van der Waals surface area contributed by atoms with Crippen molar-refractivity contribution in [2.24, 2.45) is 0 Å². The van der Waals surface area contributed by atoms with Gasteiger partial charge in [0.2, 0.25) is 0 Å². The molecule has 4 rings (SSSR count). The number of nitrogens with one attached hydrogen (secondary N) is 1. The summed E-state index contributed by atoms with van der Waals surface area (Å²) in [6, 6.07) is 11.5. The maximum absolute atomic E-state index is 13.5. The number of benzene rings is 2. The molecule has 2 heterocycles. The van der Waals surface area contributed by atoms with Crippen molar-refractivity contribution in [1.29, 1.82) is 0 Å². The zero-order valence-electron chi connectivity index (χ0n) is 15.6. The molecule has 1 aliphatic rings. The standard InChI is InChI=1S/C21H22FN3O3/c1-28-16-5-3-15(4-6-16)24-8-10-25(11-9-24)20(21(26)27)18-13-23-19-12-14(22)2-7-17(18)19/h2-7,12-13,20,23H,8-11H2,1H3,(H,26,27). The van der Waals surface area contributed by atoms with E-state index in [9.17, 15) is 14.3 Å². The van der Waals surface area contributed by atoms with Crippen LogP contribution in [0.25, 0.3) is 10.9 Å². The minimum absolute atomic E-state index is 0.346. The number of nitrogens with zero attached hydrogens (tertiary/aromatic N) is 2. The molecular formula is C21H22FN3O3. The van der Waals surface area contributed by atoms with Crippen molar-refractivity contribution in [1.82, 2.24) is 9.88 Å². The van der Waals surface area contributed by atoms with Crippen LogP contribution in [0.2, 0.25) is 0 Å². The highest BCUT2D eigenvalue weighted by Crippen LogP contribution is 2.31. The van der Waals surface area contributed by atoms with E-state index >= 15 is 0 Å². The molecule has 0 amide bonds. The van der Waals surface area contributed by atoms with Crippen LogP contribution in [0.1, 0.15) is 11.6 Å². The van der Waals surface area contributed by atoms with Gasteiger partial charge in [0.1, 0.15) is 17.6 Å². The number of carbonyl (C=O) groups is 1. The van der Waals surface area contributed by atoms with Gasteiger partial charge in [0.15, 0.2) is 0 Å². The molecule has 1 atom stereocenters. The van der Waals surface area contributed by atoms with Crippen LogP contribution in [-0.2, 0) is 4.79 Å². The number of anilines is 1. The lowest BCUT2D eigenvalue weighted by molar-refractivity contribution is -0.143. The van der Waals surface area contributed by atoms with Crippen molar-refractivity contribution in [3.05, 3.63) is 60.0 Å². The van der Waals surface area contributed by atoms with Crippen molar-refractivity contribution in [2.75, 3.05) is 38.2 Å². The van der Waals surface area contributed by atoms with Gasteiger partial charge in [-0.25, -0.2) is 4.39 Å². The summed E-state index contributed by atoms with van der Waals surface area (Å²) in [7, 11) is 1.64. The van der Waals surface area contributed by atoms with Crippen LogP contribution in [0.5, 0.6) is 5.75 Å². The Morgan fingerprint density at radius 3 is 2.50 bits per heavy atom. The van der Waals surface area contributed by atoms with Gasteiger partial charge in [0, 0.05) is 54.5 Å². The molecule has 1 aromatic heterocycles. The first kappa shape index (κ1) is 18.3. The molecule has 0 bridgehead atoms. The number of carboxylic acids is 1. The predicted octanol–water partition coefficient (Wildman–Crippen LogP) is 3.26. The van der Waals surface area contributed by atoms with Crippen molar-refractivity contribution in [3.8, 4) is 5.75 Å². The zero-order valence-corrected chi connectivity index (χ0v) is 15.6. The number of ether oxygens (including phenoxy) is 1. The zero-order chi connectivity index (χ0) is 19.7. The molecule has 2 N–H and O–H groups in total. The number of hydrogen-bond acceptors (Lipinski definition) is 4. The smallest absolute Gasteiger partial charge is 0.325 e. The molecule has 0 aliphatic carbocycles. The van der Waals surface area contributed by atoms with E-state index in [1.54, 1.807) is 19.4 Å². The maximum Gasteiger partial charge on any atom is 0.325 e. The minimum Gasteiger partial charge on any atom is -0.497 e. The van der Waals surface area contributed by atoms with Crippen molar-refractivity contribution in [3.63, 3.8) is 0 Å². The Morgan fingerprint density at radius 2 is 1.86 bits per heavy atom. The van der Waals surface area contributed by atoms with Gasteiger partial charge in [-0.3, -0.25) is 9.69 Å². The number of hydrogen-bond donors (Lipinski definition) is 2. The Kier molecular flexibility index (Phi) is 4.92. The number of aromatic nitrogens is 1. The highest BCUT2D eigenvalue weighted by Gasteiger charge is 2.32. The summed E-state index contributed by atoms with van der Waals surface area (Å²) < 4.78 is 18.6. The molecule has 3 aromatic rings. The number of fused-ring (bicyclic) bond motifs is 1. The molecule has 6 nitrogen and oxygen atoms in total. The fraction of sp³-hybridized carbons (Fsp3) is 0.286. The molecule has 0 saturated carbocycles.